The second-order valence-electron chi connectivity index (χ2n) is 5.84. The van der Waals surface area contributed by atoms with E-state index in [0.717, 1.165) is 16.3 Å². The van der Waals surface area contributed by atoms with Crippen LogP contribution in [0.1, 0.15) is 22.1 Å². The number of amides is 1. The molecule has 0 unspecified atom stereocenters. The molecule has 1 aromatic heterocycles. The van der Waals surface area contributed by atoms with E-state index in [2.05, 4.69) is 5.32 Å². The van der Waals surface area contributed by atoms with Crippen molar-refractivity contribution in [1.82, 2.24) is 14.5 Å². The number of nitrogens with zero attached hydrogens (tertiary/aromatic N) is 2. The Hall–Kier alpha value is -2.86. The molecule has 1 heterocycles. The fourth-order valence-electron chi connectivity index (χ4n) is 2.81. The largest absolute Gasteiger partial charge is 0.343 e. The SMILES string of the molecule is Cn1cc(C(=O)N[C@@H](CN)c2ccc3ccccc3c2)n(C)c1=O. The maximum atomic E-state index is 12.5. The maximum Gasteiger partial charge on any atom is 0.328 e. The lowest BCUT2D eigenvalue weighted by molar-refractivity contribution is 0.0929. The lowest BCUT2D eigenvalue weighted by atomic mass is 10.0. The van der Waals surface area contributed by atoms with Gasteiger partial charge < -0.3 is 15.6 Å². The molecule has 24 heavy (non-hydrogen) atoms. The van der Waals surface area contributed by atoms with Crippen molar-refractivity contribution in [3.05, 3.63) is 70.4 Å². The second kappa shape index (κ2) is 6.33. The van der Waals surface area contributed by atoms with Gasteiger partial charge in [0.1, 0.15) is 5.69 Å². The predicted molar refractivity (Wildman–Crippen MR) is 93.9 cm³/mol. The molecule has 0 spiro atoms. The third kappa shape index (κ3) is 2.83. The molecular weight excluding hydrogens is 304 g/mol. The quantitative estimate of drug-likeness (QED) is 0.759. The van der Waals surface area contributed by atoms with E-state index in [1.165, 1.54) is 15.3 Å². The third-order valence-corrected chi connectivity index (χ3v) is 4.22. The maximum absolute atomic E-state index is 12.5. The predicted octanol–water partition coefficient (Wildman–Crippen LogP) is 1.31. The van der Waals surface area contributed by atoms with E-state index in [9.17, 15) is 9.59 Å². The molecule has 6 heteroatoms. The van der Waals surface area contributed by atoms with Gasteiger partial charge >= 0.3 is 5.69 Å². The molecule has 124 valence electrons. The Labute approximate surface area is 139 Å². The molecule has 1 atom stereocenters. The first-order valence-electron chi connectivity index (χ1n) is 7.73. The molecule has 0 saturated carbocycles. The van der Waals surface area contributed by atoms with Crippen LogP contribution in [0.2, 0.25) is 0 Å². The standard InChI is InChI=1S/C18H20N4O2/c1-21-11-16(22(2)18(21)24)17(23)20-15(10-19)14-8-7-12-5-3-4-6-13(12)9-14/h3-9,11,15H,10,19H2,1-2H3,(H,20,23)/t15-/m0/s1. The molecule has 6 nitrogen and oxygen atoms in total. The number of imidazole rings is 1. The van der Waals surface area contributed by atoms with Crippen molar-refractivity contribution >= 4 is 16.7 Å². The normalized spacial score (nSPS) is 12.3. The fraction of sp³-hybridized carbons (Fsp3) is 0.222. The first-order valence-corrected chi connectivity index (χ1v) is 7.73. The van der Waals surface area contributed by atoms with E-state index >= 15 is 0 Å². The summed E-state index contributed by atoms with van der Waals surface area (Å²) in [5.74, 6) is -0.321. The summed E-state index contributed by atoms with van der Waals surface area (Å²) in [5, 5.41) is 5.13. The van der Waals surface area contributed by atoms with Crippen LogP contribution in [-0.2, 0) is 14.1 Å². The van der Waals surface area contributed by atoms with Crippen LogP contribution in [0, 0.1) is 0 Å². The molecule has 0 radical (unpaired) electrons. The number of aryl methyl sites for hydroxylation is 1. The van der Waals surface area contributed by atoms with Crippen LogP contribution in [0.4, 0.5) is 0 Å². The fourth-order valence-corrected chi connectivity index (χ4v) is 2.81. The smallest absolute Gasteiger partial charge is 0.328 e. The summed E-state index contributed by atoms with van der Waals surface area (Å²) in [6, 6.07) is 13.7. The molecule has 2 aromatic carbocycles. The number of rotatable bonds is 4. The van der Waals surface area contributed by atoms with Crippen LogP contribution >= 0.6 is 0 Å². The first-order chi connectivity index (χ1) is 11.5. The van der Waals surface area contributed by atoms with Crippen molar-refractivity contribution in [1.29, 1.82) is 0 Å². The molecule has 3 rings (SSSR count). The van der Waals surface area contributed by atoms with Crippen LogP contribution in [-0.4, -0.2) is 21.6 Å². The van der Waals surface area contributed by atoms with Crippen LogP contribution in [0.25, 0.3) is 10.8 Å². The van der Waals surface area contributed by atoms with E-state index in [4.69, 9.17) is 5.73 Å². The van der Waals surface area contributed by atoms with E-state index in [0.29, 0.717) is 5.69 Å². The van der Waals surface area contributed by atoms with Gasteiger partial charge in [-0.1, -0.05) is 36.4 Å². The lowest BCUT2D eigenvalue weighted by Crippen LogP contribution is -2.35. The van der Waals surface area contributed by atoms with Crippen molar-refractivity contribution in [2.45, 2.75) is 6.04 Å². The van der Waals surface area contributed by atoms with Gasteiger partial charge in [0.15, 0.2) is 0 Å². The summed E-state index contributed by atoms with van der Waals surface area (Å²) >= 11 is 0. The molecule has 3 aromatic rings. The van der Waals surface area contributed by atoms with Gasteiger partial charge in [-0.3, -0.25) is 9.36 Å². The zero-order valence-electron chi connectivity index (χ0n) is 13.7. The van der Waals surface area contributed by atoms with E-state index in [1.807, 2.05) is 42.5 Å². The highest BCUT2D eigenvalue weighted by atomic mass is 16.2. The van der Waals surface area contributed by atoms with Gasteiger partial charge in [-0.25, -0.2) is 4.79 Å². The zero-order valence-corrected chi connectivity index (χ0v) is 13.7. The summed E-state index contributed by atoms with van der Waals surface area (Å²) in [4.78, 5) is 24.3. The van der Waals surface area contributed by atoms with Gasteiger partial charge in [0, 0.05) is 26.8 Å². The minimum absolute atomic E-state index is 0.241. The van der Waals surface area contributed by atoms with Gasteiger partial charge in [0.25, 0.3) is 5.91 Å². The van der Waals surface area contributed by atoms with Crippen LogP contribution < -0.4 is 16.7 Å². The Morgan fingerprint density at radius 2 is 1.88 bits per heavy atom. The topological polar surface area (TPSA) is 82.0 Å². The number of benzene rings is 2. The first kappa shape index (κ1) is 16.0. The van der Waals surface area contributed by atoms with Gasteiger partial charge in [-0.05, 0) is 22.4 Å². The third-order valence-electron chi connectivity index (χ3n) is 4.22. The number of nitrogens with one attached hydrogen (secondary N) is 1. The molecule has 0 aliphatic carbocycles. The molecule has 3 N–H and O–H groups in total. The Balaban J connectivity index is 1.89. The highest BCUT2D eigenvalue weighted by molar-refractivity contribution is 5.92. The molecule has 0 bridgehead atoms. The summed E-state index contributed by atoms with van der Waals surface area (Å²) in [5.41, 5.74) is 6.86. The Morgan fingerprint density at radius 1 is 1.17 bits per heavy atom. The van der Waals surface area contributed by atoms with E-state index < -0.39 is 0 Å². The minimum atomic E-state index is -0.322. The Morgan fingerprint density at radius 3 is 2.50 bits per heavy atom. The number of nitrogens with two attached hydrogens (primary N) is 1. The number of hydrogen-bond donors (Lipinski definition) is 2. The lowest BCUT2D eigenvalue weighted by Gasteiger charge is -2.18. The molecule has 0 aliphatic rings. The van der Waals surface area contributed by atoms with Gasteiger partial charge in [-0.2, -0.15) is 0 Å². The molecule has 0 aliphatic heterocycles. The number of carbonyl (C=O) groups is 1. The van der Waals surface area contributed by atoms with Crippen molar-refractivity contribution < 1.29 is 4.79 Å². The summed E-state index contributed by atoms with van der Waals surface area (Å²) in [6.45, 7) is 0.269. The summed E-state index contributed by atoms with van der Waals surface area (Å²) in [7, 11) is 3.19. The van der Waals surface area contributed by atoms with Crippen molar-refractivity contribution in [3.8, 4) is 0 Å². The summed E-state index contributed by atoms with van der Waals surface area (Å²) in [6.07, 6.45) is 1.52. The highest BCUT2D eigenvalue weighted by Gasteiger charge is 2.18. The van der Waals surface area contributed by atoms with E-state index in [-0.39, 0.29) is 24.2 Å². The van der Waals surface area contributed by atoms with Gasteiger partial charge in [-0.15, -0.1) is 0 Å². The van der Waals surface area contributed by atoms with Crippen LogP contribution in [0.5, 0.6) is 0 Å². The van der Waals surface area contributed by atoms with E-state index in [1.54, 1.807) is 14.1 Å². The van der Waals surface area contributed by atoms with Gasteiger partial charge in [0.2, 0.25) is 0 Å². The second-order valence-corrected chi connectivity index (χ2v) is 5.84. The molecule has 1 amide bonds. The Bertz CT molecular complexity index is 955. The molecule has 0 saturated heterocycles. The average molecular weight is 324 g/mol. The number of aromatic nitrogens is 2. The van der Waals surface area contributed by atoms with Crippen LogP contribution in [0.15, 0.2) is 53.5 Å². The highest BCUT2D eigenvalue weighted by Crippen LogP contribution is 2.20. The number of fused-ring (bicyclic) bond motifs is 1. The number of hydrogen-bond acceptors (Lipinski definition) is 3. The summed E-state index contributed by atoms with van der Waals surface area (Å²) < 4.78 is 2.70. The monoisotopic (exact) mass is 324 g/mol. The van der Waals surface area contributed by atoms with Crippen LogP contribution in [0.3, 0.4) is 0 Å². The van der Waals surface area contributed by atoms with Crippen molar-refractivity contribution in [2.24, 2.45) is 19.8 Å². The Kier molecular flexibility index (Phi) is 4.22. The molecule has 0 fully saturated rings. The molecular formula is C18H20N4O2. The minimum Gasteiger partial charge on any atom is -0.343 e. The number of carbonyl (C=O) groups excluding carboxylic acids is 1. The zero-order chi connectivity index (χ0) is 17.3. The van der Waals surface area contributed by atoms with Crippen molar-refractivity contribution in [3.63, 3.8) is 0 Å². The van der Waals surface area contributed by atoms with Gasteiger partial charge in [0.05, 0.1) is 6.04 Å². The average Bonchev–Trinajstić information content (AvgIpc) is 2.86. The van der Waals surface area contributed by atoms with Crippen molar-refractivity contribution in [2.75, 3.05) is 6.54 Å².